The predicted octanol–water partition coefficient (Wildman–Crippen LogP) is 1.54. The van der Waals surface area contributed by atoms with Crippen LogP contribution in [0.3, 0.4) is 0 Å². The second-order valence-electron chi connectivity index (χ2n) is 3.89. The lowest BCUT2D eigenvalue weighted by Gasteiger charge is -2.01. The summed E-state index contributed by atoms with van der Waals surface area (Å²) in [6, 6.07) is 0. The van der Waals surface area contributed by atoms with Gasteiger partial charge >= 0.3 is 0 Å². The smallest absolute Gasteiger partial charge is 0.226 e. The van der Waals surface area contributed by atoms with Gasteiger partial charge in [-0.25, -0.2) is 4.98 Å². The number of rotatable bonds is 6. The second kappa shape index (κ2) is 6.01. The molecule has 98 valence electrons. The zero-order valence-corrected chi connectivity index (χ0v) is 11.3. The van der Waals surface area contributed by atoms with Gasteiger partial charge < -0.3 is 14.2 Å². The van der Waals surface area contributed by atoms with Gasteiger partial charge in [-0.1, -0.05) is 23.8 Å². The van der Waals surface area contributed by atoms with Gasteiger partial charge in [0.15, 0.2) is 11.0 Å². The van der Waals surface area contributed by atoms with E-state index in [1.807, 2.05) is 11.6 Å². The number of aromatic nitrogens is 4. The van der Waals surface area contributed by atoms with E-state index >= 15 is 0 Å². The number of aliphatic hydroxyl groups is 1. The lowest BCUT2D eigenvalue weighted by Crippen LogP contribution is -1.97. The number of imidazole rings is 1. The summed E-state index contributed by atoms with van der Waals surface area (Å²) in [7, 11) is 1.87. The van der Waals surface area contributed by atoms with Crippen molar-refractivity contribution in [2.75, 3.05) is 0 Å². The normalized spacial score (nSPS) is 11.1. The Labute approximate surface area is 109 Å². The molecule has 2 rings (SSSR count). The lowest BCUT2D eigenvalue weighted by molar-refractivity contribution is 0.271. The van der Waals surface area contributed by atoms with E-state index in [0.29, 0.717) is 17.5 Å². The number of aryl methyl sites for hydroxylation is 1. The van der Waals surface area contributed by atoms with E-state index in [-0.39, 0.29) is 6.61 Å². The highest BCUT2D eigenvalue weighted by molar-refractivity contribution is 7.98. The summed E-state index contributed by atoms with van der Waals surface area (Å²) >= 11 is 1.52. The van der Waals surface area contributed by atoms with Crippen molar-refractivity contribution in [2.45, 2.75) is 37.3 Å². The Hall–Kier alpha value is -1.34. The topological polar surface area (TPSA) is 77.0 Å². The van der Waals surface area contributed by atoms with Crippen molar-refractivity contribution in [2.24, 2.45) is 7.05 Å². The minimum Gasteiger partial charge on any atom is -0.390 e. The highest BCUT2D eigenvalue weighted by atomic mass is 32.2. The molecule has 0 atom stereocenters. The number of aliphatic hydroxyl groups excluding tert-OH is 1. The Bertz CT molecular complexity index is 509. The van der Waals surface area contributed by atoms with Gasteiger partial charge in [-0.15, -0.1) is 0 Å². The van der Waals surface area contributed by atoms with Gasteiger partial charge in [-0.05, 0) is 6.42 Å². The Balaban J connectivity index is 1.95. The molecule has 0 aliphatic heterocycles. The van der Waals surface area contributed by atoms with Crippen molar-refractivity contribution >= 4 is 11.8 Å². The molecule has 2 aromatic heterocycles. The Morgan fingerprint density at radius 3 is 3.00 bits per heavy atom. The fourth-order valence-electron chi connectivity index (χ4n) is 1.50. The van der Waals surface area contributed by atoms with Crippen LogP contribution in [0.25, 0.3) is 0 Å². The van der Waals surface area contributed by atoms with Crippen LogP contribution in [0.15, 0.2) is 15.9 Å². The zero-order chi connectivity index (χ0) is 13.0. The van der Waals surface area contributed by atoms with Crippen LogP contribution in [0.1, 0.15) is 30.8 Å². The van der Waals surface area contributed by atoms with Gasteiger partial charge in [0, 0.05) is 13.5 Å². The molecule has 0 saturated heterocycles. The minimum absolute atomic E-state index is 0.00703. The molecule has 0 fully saturated rings. The molecular formula is C11H16N4O2S. The molecular weight excluding hydrogens is 252 g/mol. The average Bonchev–Trinajstić information content (AvgIpc) is 2.94. The molecule has 0 amide bonds. The monoisotopic (exact) mass is 268 g/mol. The largest absolute Gasteiger partial charge is 0.390 e. The standard InChI is InChI=1S/C11H16N4O2S/c1-3-4-10-13-9(14-17-10)7-18-11-12-5-8(6-16)15(11)2/h5,16H,3-4,6-7H2,1-2H3. The van der Waals surface area contributed by atoms with Crippen molar-refractivity contribution in [3.8, 4) is 0 Å². The van der Waals surface area contributed by atoms with Crippen LogP contribution in [-0.2, 0) is 25.8 Å². The van der Waals surface area contributed by atoms with E-state index in [1.54, 1.807) is 6.20 Å². The third-order valence-corrected chi connectivity index (χ3v) is 3.55. The summed E-state index contributed by atoms with van der Waals surface area (Å²) in [4.78, 5) is 8.51. The first-order valence-electron chi connectivity index (χ1n) is 5.80. The molecule has 0 aliphatic rings. The van der Waals surface area contributed by atoms with Crippen LogP contribution in [0.4, 0.5) is 0 Å². The molecule has 0 spiro atoms. The summed E-state index contributed by atoms with van der Waals surface area (Å²) in [6.07, 6.45) is 3.48. The number of thioether (sulfide) groups is 1. The zero-order valence-electron chi connectivity index (χ0n) is 10.5. The van der Waals surface area contributed by atoms with Crippen LogP contribution in [0.2, 0.25) is 0 Å². The molecule has 0 unspecified atom stereocenters. The molecule has 18 heavy (non-hydrogen) atoms. The van der Waals surface area contributed by atoms with E-state index in [2.05, 4.69) is 22.0 Å². The third kappa shape index (κ3) is 2.91. The fourth-order valence-corrected chi connectivity index (χ4v) is 2.31. The third-order valence-electron chi connectivity index (χ3n) is 2.51. The van der Waals surface area contributed by atoms with Crippen LogP contribution in [0, 0.1) is 0 Å². The first-order valence-corrected chi connectivity index (χ1v) is 6.78. The maximum Gasteiger partial charge on any atom is 0.226 e. The van der Waals surface area contributed by atoms with Crippen molar-refractivity contribution in [1.29, 1.82) is 0 Å². The predicted molar refractivity (Wildman–Crippen MR) is 67.0 cm³/mol. The Morgan fingerprint density at radius 2 is 2.33 bits per heavy atom. The van der Waals surface area contributed by atoms with Crippen molar-refractivity contribution in [3.63, 3.8) is 0 Å². The molecule has 2 aromatic rings. The number of hydrogen-bond acceptors (Lipinski definition) is 6. The first kappa shape index (κ1) is 13.1. The maximum absolute atomic E-state index is 9.07. The van der Waals surface area contributed by atoms with Gasteiger partial charge in [0.2, 0.25) is 5.89 Å². The summed E-state index contributed by atoms with van der Waals surface area (Å²) in [5.74, 6) is 1.98. The highest BCUT2D eigenvalue weighted by Gasteiger charge is 2.10. The molecule has 0 radical (unpaired) electrons. The van der Waals surface area contributed by atoms with Crippen LogP contribution in [-0.4, -0.2) is 24.8 Å². The van der Waals surface area contributed by atoms with E-state index in [0.717, 1.165) is 23.7 Å². The Morgan fingerprint density at radius 1 is 1.50 bits per heavy atom. The van der Waals surface area contributed by atoms with E-state index in [4.69, 9.17) is 9.63 Å². The maximum atomic E-state index is 9.07. The van der Waals surface area contributed by atoms with Crippen molar-refractivity contribution < 1.29 is 9.63 Å². The van der Waals surface area contributed by atoms with Crippen molar-refractivity contribution in [1.82, 2.24) is 19.7 Å². The van der Waals surface area contributed by atoms with Gasteiger partial charge in [0.05, 0.1) is 24.3 Å². The minimum atomic E-state index is -0.00703. The van der Waals surface area contributed by atoms with Crippen LogP contribution < -0.4 is 0 Å². The molecule has 0 bridgehead atoms. The highest BCUT2D eigenvalue weighted by Crippen LogP contribution is 2.20. The van der Waals surface area contributed by atoms with E-state index < -0.39 is 0 Å². The fraction of sp³-hybridized carbons (Fsp3) is 0.545. The summed E-state index contributed by atoms with van der Waals surface area (Å²) < 4.78 is 6.97. The molecule has 0 aliphatic carbocycles. The number of nitrogens with zero attached hydrogens (tertiary/aromatic N) is 4. The van der Waals surface area contributed by atoms with E-state index in [1.165, 1.54) is 11.8 Å². The molecule has 2 heterocycles. The molecule has 1 N–H and O–H groups in total. The molecule has 6 nitrogen and oxygen atoms in total. The second-order valence-corrected chi connectivity index (χ2v) is 4.83. The van der Waals surface area contributed by atoms with Crippen molar-refractivity contribution in [3.05, 3.63) is 23.6 Å². The first-order chi connectivity index (χ1) is 8.74. The van der Waals surface area contributed by atoms with Gasteiger partial charge in [-0.2, -0.15) is 4.98 Å². The molecule has 7 heteroatoms. The summed E-state index contributed by atoms with van der Waals surface area (Å²) in [5.41, 5.74) is 0.789. The van der Waals surface area contributed by atoms with Crippen LogP contribution >= 0.6 is 11.8 Å². The number of hydrogen-bond donors (Lipinski definition) is 1. The van der Waals surface area contributed by atoms with Crippen LogP contribution in [0.5, 0.6) is 0 Å². The van der Waals surface area contributed by atoms with Gasteiger partial charge in [-0.3, -0.25) is 0 Å². The van der Waals surface area contributed by atoms with E-state index in [9.17, 15) is 0 Å². The lowest BCUT2D eigenvalue weighted by atomic mass is 10.3. The summed E-state index contributed by atoms with van der Waals surface area (Å²) in [5, 5.41) is 13.8. The summed E-state index contributed by atoms with van der Waals surface area (Å²) in [6.45, 7) is 2.07. The van der Waals surface area contributed by atoms with Gasteiger partial charge in [0.1, 0.15) is 0 Å². The average molecular weight is 268 g/mol. The molecule has 0 aromatic carbocycles. The SMILES string of the molecule is CCCc1nc(CSc2ncc(CO)n2C)no1. The molecule has 0 saturated carbocycles. The quantitative estimate of drug-likeness (QED) is 0.801. The Kier molecular flexibility index (Phi) is 4.38. The van der Waals surface area contributed by atoms with Gasteiger partial charge in [0.25, 0.3) is 0 Å².